The van der Waals surface area contributed by atoms with Gasteiger partial charge >= 0.3 is 5.97 Å². The van der Waals surface area contributed by atoms with Crippen molar-refractivity contribution in [1.82, 2.24) is 10.2 Å². The smallest absolute Gasteiger partial charge is 0.304 e. The van der Waals surface area contributed by atoms with Gasteiger partial charge in [0.15, 0.2) is 0 Å². The van der Waals surface area contributed by atoms with Gasteiger partial charge in [-0.3, -0.25) is 4.79 Å². The summed E-state index contributed by atoms with van der Waals surface area (Å²) in [5.41, 5.74) is 0. The maximum Gasteiger partial charge on any atom is 0.304 e. The Hall–Kier alpha value is -0.610. The number of piperidine rings is 1. The van der Waals surface area contributed by atoms with Crippen molar-refractivity contribution in [3.05, 3.63) is 0 Å². The van der Waals surface area contributed by atoms with Crippen molar-refractivity contribution < 1.29 is 9.90 Å². The van der Waals surface area contributed by atoms with Crippen molar-refractivity contribution in [2.45, 2.75) is 63.8 Å². The second-order valence-corrected chi connectivity index (χ2v) is 7.94. The summed E-state index contributed by atoms with van der Waals surface area (Å²) >= 11 is 0. The summed E-state index contributed by atoms with van der Waals surface area (Å²) in [5, 5.41) is 12.8. The van der Waals surface area contributed by atoms with Gasteiger partial charge in [0.05, 0.1) is 6.42 Å². The van der Waals surface area contributed by atoms with Crippen molar-refractivity contribution in [2.24, 2.45) is 17.8 Å². The van der Waals surface area contributed by atoms with E-state index >= 15 is 0 Å². The second-order valence-electron chi connectivity index (χ2n) is 7.94. The molecule has 126 valence electrons. The van der Waals surface area contributed by atoms with E-state index in [1.807, 2.05) is 0 Å². The number of likely N-dealkylation sites (tertiary alicyclic amines) is 1. The van der Waals surface area contributed by atoms with Crippen LogP contribution in [0.2, 0.25) is 0 Å². The third-order valence-electron chi connectivity index (χ3n) is 5.79. The van der Waals surface area contributed by atoms with E-state index in [-0.39, 0.29) is 6.42 Å². The van der Waals surface area contributed by atoms with Crippen LogP contribution in [0, 0.1) is 17.8 Å². The van der Waals surface area contributed by atoms with Gasteiger partial charge in [-0.1, -0.05) is 25.7 Å². The molecule has 3 aliphatic rings. The van der Waals surface area contributed by atoms with E-state index in [0.29, 0.717) is 6.04 Å². The summed E-state index contributed by atoms with van der Waals surface area (Å²) in [5.74, 6) is 1.96. The van der Waals surface area contributed by atoms with Crippen LogP contribution in [0.1, 0.15) is 57.8 Å². The average molecular weight is 308 g/mol. The van der Waals surface area contributed by atoms with E-state index in [9.17, 15) is 4.79 Å². The molecule has 0 aromatic carbocycles. The van der Waals surface area contributed by atoms with Crippen LogP contribution < -0.4 is 5.32 Å². The molecular weight excluding hydrogens is 276 g/mol. The number of hydrogen-bond donors (Lipinski definition) is 2. The number of nitrogens with one attached hydrogen (secondary N) is 1. The summed E-state index contributed by atoms with van der Waals surface area (Å²) < 4.78 is 0. The Morgan fingerprint density at radius 2 is 1.82 bits per heavy atom. The van der Waals surface area contributed by atoms with Gasteiger partial charge in [-0.25, -0.2) is 0 Å². The molecule has 0 aromatic heterocycles. The maximum absolute atomic E-state index is 10.9. The first-order valence-corrected chi connectivity index (χ1v) is 9.36. The Bertz CT molecular complexity index is 364. The fourth-order valence-electron chi connectivity index (χ4n) is 4.43. The Balaban J connectivity index is 1.47. The number of nitrogens with zero attached hydrogens (tertiary/aromatic N) is 1. The van der Waals surface area contributed by atoms with E-state index in [1.54, 1.807) is 0 Å². The Labute approximate surface area is 134 Å². The Morgan fingerprint density at radius 3 is 2.50 bits per heavy atom. The van der Waals surface area contributed by atoms with Crippen molar-refractivity contribution in [1.29, 1.82) is 0 Å². The molecule has 2 N–H and O–H groups in total. The van der Waals surface area contributed by atoms with Gasteiger partial charge in [0.2, 0.25) is 0 Å². The van der Waals surface area contributed by atoms with Gasteiger partial charge in [0.25, 0.3) is 0 Å². The average Bonchev–Trinajstić information content (AvgIpc) is 3.14. The number of aliphatic carboxylic acids is 1. The molecule has 1 saturated heterocycles. The summed E-state index contributed by atoms with van der Waals surface area (Å²) in [7, 11) is 0. The largest absolute Gasteiger partial charge is 0.481 e. The summed E-state index contributed by atoms with van der Waals surface area (Å²) in [6.45, 7) is 4.05. The molecule has 4 nitrogen and oxygen atoms in total. The van der Waals surface area contributed by atoms with E-state index in [0.717, 1.165) is 37.4 Å². The fraction of sp³-hybridized carbons (Fsp3) is 0.944. The lowest BCUT2D eigenvalue weighted by atomic mass is 9.89. The summed E-state index contributed by atoms with van der Waals surface area (Å²) in [4.78, 5) is 13.2. The lowest BCUT2D eigenvalue weighted by molar-refractivity contribution is -0.137. The van der Waals surface area contributed by atoms with Crippen LogP contribution in [0.25, 0.3) is 0 Å². The van der Waals surface area contributed by atoms with Gasteiger partial charge < -0.3 is 15.3 Å². The van der Waals surface area contributed by atoms with E-state index in [1.165, 1.54) is 57.9 Å². The quantitative estimate of drug-likeness (QED) is 0.724. The fourth-order valence-corrected chi connectivity index (χ4v) is 4.43. The maximum atomic E-state index is 10.9. The summed E-state index contributed by atoms with van der Waals surface area (Å²) in [6.07, 6.45) is 11.4. The van der Waals surface area contributed by atoms with Crippen LogP contribution in [-0.2, 0) is 4.79 Å². The van der Waals surface area contributed by atoms with Gasteiger partial charge in [0.1, 0.15) is 0 Å². The SMILES string of the molecule is O=C(O)CCN1CC(CC2CC2)CC(NCC2CCCC2)C1. The van der Waals surface area contributed by atoms with Crippen LogP contribution in [0.3, 0.4) is 0 Å². The highest BCUT2D eigenvalue weighted by atomic mass is 16.4. The molecule has 22 heavy (non-hydrogen) atoms. The van der Waals surface area contributed by atoms with Gasteiger partial charge in [-0.2, -0.15) is 0 Å². The third-order valence-corrected chi connectivity index (χ3v) is 5.79. The molecule has 2 saturated carbocycles. The topological polar surface area (TPSA) is 52.6 Å². The third kappa shape index (κ3) is 5.24. The van der Waals surface area contributed by atoms with Crippen LogP contribution >= 0.6 is 0 Å². The minimum atomic E-state index is -0.667. The van der Waals surface area contributed by atoms with Gasteiger partial charge in [-0.05, 0) is 50.0 Å². The van der Waals surface area contributed by atoms with E-state index in [2.05, 4.69) is 10.2 Å². The second kappa shape index (κ2) is 7.78. The minimum absolute atomic E-state index is 0.283. The molecule has 2 aliphatic carbocycles. The molecular formula is C18H32N2O2. The van der Waals surface area contributed by atoms with Crippen LogP contribution in [-0.4, -0.2) is 48.2 Å². The standard InChI is InChI=1S/C18H32N2O2/c21-18(22)7-8-20-12-16(9-14-5-6-14)10-17(13-20)19-11-15-3-1-2-4-15/h14-17,19H,1-13H2,(H,21,22). The molecule has 0 radical (unpaired) electrons. The zero-order valence-electron chi connectivity index (χ0n) is 13.8. The van der Waals surface area contributed by atoms with Gasteiger partial charge in [-0.15, -0.1) is 0 Å². The molecule has 0 spiro atoms. The number of rotatable bonds is 8. The monoisotopic (exact) mass is 308 g/mol. The molecule has 0 aromatic rings. The number of carboxylic acid groups (broad SMARTS) is 1. The van der Waals surface area contributed by atoms with Gasteiger partial charge in [0, 0.05) is 25.7 Å². The molecule has 0 amide bonds. The van der Waals surface area contributed by atoms with Crippen LogP contribution in [0.4, 0.5) is 0 Å². The molecule has 1 aliphatic heterocycles. The predicted molar refractivity (Wildman–Crippen MR) is 87.9 cm³/mol. The van der Waals surface area contributed by atoms with Crippen molar-refractivity contribution >= 4 is 5.97 Å². The van der Waals surface area contributed by atoms with Crippen LogP contribution in [0.5, 0.6) is 0 Å². The number of hydrogen-bond acceptors (Lipinski definition) is 3. The van der Waals surface area contributed by atoms with Crippen molar-refractivity contribution in [3.8, 4) is 0 Å². The lowest BCUT2D eigenvalue weighted by Gasteiger charge is -2.38. The zero-order chi connectivity index (χ0) is 15.4. The van der Waals surface area contributed by atoms with Crippen molar-refractivity contribution in [3.63, 3.8) is 0 Å². The molecule has 4 heteroatoms. The molecule has 0 bridgehead atoms. The normalized spacial score (nSPS) is 30.7. The number of carboxylic acids is 1. The predicted octanol–water partition coefficient (Wildman–Crippen LogP) is 2.73. The Kier molecular flexibility index (Phi) is 5.75. The molecule has 2 atom stereocenters. The lowest BCUT2D eigenvalue weighted by Crippen LogP contribution is -2.50. The highest BCUT2D eigenvalue weighted by molar-refractivity contribution is 5.66. The molecule has 1 heterocycles. The Morgan fingerprint density at radius 1 is 1.05 bits per heavy atom. The molecule has 3 fully saturated rings. The highest BCUT2D eigenvalue weighted by Crippen LogP contribution is 2.37. The van der Waals surface area contributed by atoms with Crippen LogP contribution in [0.15, 0.2) is 0 Å². The number of carbonyl (C=O) groups is 1. The summed E-state index contributed by atoms with van der Waals surface area (Å²) in [6, 6.07) is 0.576. The first kappa shape index (κ1) is 16.3. The molecule has 2 unspecified atom stereocenters. The van der Waals surface area contributed by atoms with E-state index in [4.69, 9.17) is 5.11 Å². The zero-order valence-corrected chi connectivity index (χ0v) is 13.8. The minimum Gasteiger partial charge on any atom is -0.481 e. The highest BCUT2D eigenvalue weighted by Gasteiger charge is 2.32. The first-order valence-electron chi connectivity index (χ1n) is 9.36. The first-order chi connectivity index (χ1) is 10.7. The molecule has 3 rings (SSSR count). The van der Waals surface area contributed by atoms with E-state index < -0.39 is 5.97 Å². The van der Waals surface area contributed by atoms with Crippen molar-refractivity contribution in [2.75, 3.05) is 26.2 Å².